The van der Waals surface area contributed by atoms with E-state index in [2.05, 4.69) is 4.72 Å². The number of rotatable bonds is 7. The fraction of sp³-hybridized carbons (Fsp3) is 0.917. The molecular weight excluding hydrogens is 268 g/mol. The summed E-state index contributed by atoms with van der Waals surface area (Å²) in [5.74, 6) is -1.27. The molecular formula is C12H24N2O4S. The standard InChI is InChI=1S/C12H24N2O4S/c1-10(12(15)16)6-5-8-13-19(17,18)14-9-4-3-7-11(14)2/h10-11,13H,3-9H2,1-2H3,(H,15,16). The van der Waals surface area contributed by atoms with Crippen molar-refractivity contribution in [1.29, 1.82) is 0 Å². The maximum Gasteiger partial charge on any atom is 0.306 e. The molecule has 1 fully saturated rings. The second-order valence-electron chi connectivity index (χ2n) is 5.24. The highest BCUT2D eigenvalue weighted by Crippen LogP contribution is 2.19. The number of piperidine rings is 1. The smallest absolute Gasteiger partial charge is 0.306 e. The van der Waals surface area contributed by atoms with Crippen LogP contribution in [0.5, 0.6) is 0 Å². The molecule has 1 heterocycles. The van der Waals surface area contributed by atoms with Crippen molar-refractivity contribution < 1.29 is 18.3 Å². The first-order valence-electron chi connectivity index (χ1n) is 6.84. The first kappa shape index (κ1) is 16.4. The van der Waals surface area contributed by atoms with Gasteiger partial charge in [0.25, 0.3) is 10.2 Å². The van der Waals surface area contributed by atoms with E-state index in [0.717, 1.165) is 19.3 Å². The molecule has 0 spiro atoms. The summed E-state index contributed by atoms with van der Waals surface area (Å²) in [5, 5.41) is 8.73. The van der Waals surface area contributed by atoms with Crippen LogP contribution in [0.1, 0.15) is 46.0 Å². The molecule has 1 saturated heterocycles. The van der Waals surface area contributed by atoms with Crippen LogP contribution >= 0.6 is 0 Å². The molecule has 0 aromatic carbocycles. The van der Waals surface area contributed by atoms with Crippen LogP contribution < -0.4 is 4.72 Å². The average Bonchev–Trinajstić information content (AvgIpc) is 2.34. The Labute approximate surface area is 115 Å². The third-order valence-corrected chi connectivity index (χ3v) is 5.30. The first-order chi connectivity index (χ1) is 8.84. The number of hydrogen-bond acceptors (Lipinski definition) is 3. The number of carbonyl (C=O) groups is 1. The van der Waals surface area contributed by atoms with E-state index in [0.29, 0.717) is 25.9 Å². The fourth-order valence-electron chi connectivity index (χ4n) is 2.24. The zero-order valence-corrected chi connectivity index (χ0v) is 12.4. The quantitative estimate of drug-likeness (QED) is 0.690. The van der Waals surface area contributed by atoms with Gasteiger partial charge in [0.1, 0.15) is 0 Å². The zero-order chi connectivity index (χ0) is 14.5. The summed E-state index contributed by atoms with van der Waals surface area (Å²) in [6.45, 7) is 4.42. The van der Waals surface area contributed by atoms with Gasteiger partial charge in [-0.05, 0) is 32.6 Å². The topological polar surface area (TPSA) is 86.7 Å². The second kappa shape index (κ2) is 7.21. The third kappa shape index (κ3) is 5.08. The highest BCUT2D eigenvalue weighted by atomic mass is 32.2. The van der Waals surface area contributed by atoms with E-state index in [1.54, 1.807) is 6.92 Å². The Morgan fingerprint density at radius 2 is 2.16 bits per heavy atom. The van der Waals surface area contributed by atoms with E-state index in [4.69, 9.17) is 5.11 Å². The monoisotopic (exact) mass is 292 g/mol. The summed E-state index contributed by atoms with van der Waals surface area (Å²) in [6, 6.07) is 0.0455. The van der Waals surface area contributed by atoms with Crippen molar-refractivity contribution in [3.05, 3.63) is 0 Å². The van der Waals surface area contributed by atoms with Crippen LogP contribution in [0, 0.1) is 5.92 Å². The maximum absolute atomic E-state index is 12.1. The van der Waals surface area contributed by atoms with Crippen molar-refractivity contribution in [2.24, 2.45) is 5.92 Å². The molecule has 0 radical (unpaired) electrons. The lowest BCUT2D eigenvalue weighted by atomic mass is 10.1. The van der Waals surface area contributed by atoms with E-state index >= 15 is 0 Å². The van der Waals surface area contributed by atoms with E-state index in [1.165, 1.54) is 4.31 Å². The van der Waals surface area contributed by atoms with Gasteiger partial charge in [-0.15, -0.1) is 0 Å². The number of hydrogen-bond donors (Lipinski definition) is 2. The van der Waals surface area contributed by atoms with Gasteiger partial charge in [-0.2, -0.15) is 12.7 Å². The summed E-state index contributed by atoms with van der Waals surface area (Å²) in [5.41, 5.74) is 0. The van der Waals surface area contributed by atoms with Crippen molar-refractivity contribution in [2.45, 2.75) is 52.0 Å². The first-order valence-corrected chi connectivity index (χ1v) is 8.28. The molecule has 19 heavy (non-hydrogen) atoms. The highest BCUT2D eigenvalue weighted by molar-refractivity contribution is 7.87. The molecule has 2 atom stereocenters. The predicted octanol–water partition coefficient (Wildman–Crippen LogP) is 1.20. The van der Waals surface area contributed by atoms with Gasteiger partial charge in [-0.1, -0.05) is 13.3 Å². The van der Waals surface area contributed by atoms with Crippen molar-refractivity contribution in [2.75, 3.05) is 13.1 Å². The summed E-state index contributed by atoms with van der Waals surface area (Å²) < 4.78 is 28.2. The summed E-state index contributed by atoms with van der Waals surface area (Å²) in [7, 11) is -3.41. The molecule has 112 valence electrons. The van der Waals surface area contributed by atoms with Gasteiger partial charge < -0.3 is 5.11 Å². The van der Waals surface area contributed by atoms with E-state index in [-0.39, 0.29) is 6.04 Å². The number of carboxylic acids is 1. The van der Waals surface area contributed by atoms with Crippen molar-refractivity contribution in [1.82, 2.24) is 9.03 Å². The lowest BCUT2D eigenvalue weighted by Gasteiger charge is -2.32. The molecule has 6 nitrogen and oxygen atoms in total. The minimum atomic E-state index is -3.41. The molecule has 0 amide bonds. The van der Waals surface area contributed by atoms with Crippen LogP contribution in [0.2, 0.25) is 0 Å². The van der Waals surface area contributed by atoms with Gasteiger partial charge in [0.2, 0.25) is 0 Å². The Morgan fingerprint density at radius 1 is 1.47 bits per heavy atom. The van der Waals surface area contributed by atoms with Crippen molar-refractivity contribution in [3.63, 3.8) is 0 Å². The minimum absolute atomic E-state index is 0.0455. The Kier molecular flexibility index (Phi) is 6.22. The number of nitrogens with one attached hydrogen (secondary N) is 1. The fourth-order valence-corrected chi connectivity index (χ4v) is 3.76. The summed E-state index contributed by atoms with van der Waals surface area (Å²) in [6.07, 6.45) is 3.89. The maximum atomic E-state index is 12.1. The van der Waals surface area contributed by atoms with Crippen LogP contribution in [-0.2, 0) is 15.0 Å². The normalized spacial score (nSPS) is 23.2. The Bertz CT molecular complexity index is 397. The number of carboxylic acid groups (broad SMARTS) is 1. The lowest BCUT2D eigenvalue weighted by Crippen LogP contribution is -2.48. The minimum Gasteiger partial charge on any atom is -0.481 e. The molecule has 1 aliphatic rings. The zero-order valence-electron chi connectivity index (χ0n) is 11.6. The molecule has 0 aromatic rings. The second-order valence-corrected chi connectivity index (χ2v) is 6.94. The lowest BCUT2D eigenvalue weighted by molar-refractivity contribution is -0.141. The largest absolute Gasteiger partial charge is 0.481 e. The molecule has 1 rings (SSSR count). The van der Waals surface area contributed by atoms with Gasteiger partial charge in [0.05, 0.1) is 5.92 Å². The van der Waals surface area contributed by atoms with Crippen LogP contribution in [-0.4, -0.2) is 42.9 Å². The number of nitrogens with zero attached hydrogens (tertiary/aromatic N) is 1. The van der Waals surface area contributed by atoms with Crippen molar-refractivity contribution >= 4 is 16.2 Å². The Hall–Kier alpha value is -0.660. The Morgan fingerprint density at radius 3 is 2.74 bits per heavy atom. The molecule has 2 unspecified atom stereocenters. The van der Waals surface area contributed by atoms with Gasteiger partial charge in [0, 0.05) is 19.1 Å². The van der Waals surface area contributed by atoms with Gasteiger partial charge >= 0.3 is 5.97 Å². The van der Waals surface area contributed by atoms with Crippen LogP contribution in [0.3, 0.4) is 0 Å². The number of aliphatic carboxylic acids is 1. The molecule has 0 bridgehead atoms. The van der Waals surface area contributed by atoms with E-state index in [1.807, 2.05) is 6.92 Å². The van der Waals surface area contributed by atoms with Crippen molar-refractivity contribution in [3.8, 4) is 0 Å². The third-order valence-electron chi connectivity index (χ3n) is 3.57. The van der Waals surface area contributed by atoms with Gasteiger partial charge in [-0.25, -0.2) is 4.72 Å². The predicted molar refractivity (Wildman–Crippen MR) is 73.0 cm³/mol. The molecule has 2 N–H and O–H groups in total. The molecule has 0 aliphatic carbocycles. The van der Waals surface area contributed by atoms with Crippen LogP contribution in [0.4, 0.5) is 0 Å². The van der Waals surface area contributed by atoms with E-state index in [9.17, 15) is 13.2 Å². The molecule has 1 aliphatic heterocycles. The van der Waals surface area contributed by atoms with Gasteiger partial charge in [0.15, 0.2) is 0 Å². The van der Waals surface area contributed by atoms with Gasteiger partial charge in [-0.3, -0.25) is 4.79 Å². The van der Waals surface area contributed by atoms with Crippen LogP contribution in [0.25, 0.3) is 0 Å². The average molecular weight is 292 g/mol. The molecule has 0 aromatic heterocycles. The van der Waals surface area contributed by atoms with E-state index < -0.39 is 22.1 Å². The Balaban J connectivity index is 2.36. The molecule has 7 heteroatoms. The molecule has 0 saturated carbocycles. The SMILES string of the molecule is CC(CCCNS(=O)(=O)N1CCCCC1C)C(=O)O. The summed E-state index contributed by atoms with van der Waals surface area (Å²) in [4.78, 5) is 10.6. The summed E-state index contributed by atoms with van der Waals surface area (Å²) >= 11 is 0. The van der Waals surface area contributed by atoms with Crippen LogP contribution in [0.15, 0.2) is 0 Å². The highest BCUT2D eigenvalue weighted by Gasteiger charge is 2.28.